The van der Waals surface area contributed by atoms with Crippen molar-refractivity contribution in [2.45, 2.75) is 39.2 Å². The number of hydrogen-bond acceptors (Lipinski definition) is 5. The molecular weight excluding hydrogens is 290 g/mol. The van der Waals surface area contributed by atoms with Crippen molar-refractivity contribution in [3.63, 3.8) is 0 Å². The van der Waals surface area contributed by atoms with Gasteiger partial charge < -0.3 is 9.88 Å². The molecule has 6 heteroatoms. The van der Waals surface area contributed by atoms with E-state index in [0.29, 0.717) is 35.7 Å². The lowest BCUT2D eigenvalue weighted by molar-refractivity contribution is 0.681. The van der Waals surface area contributed by atoms with Crippen LogP contribution in [-0.2, 0) is 25.8 Å². The van der Waals surface area contributed by atoms with Crippen LogP contribution in [0.1, 0.15) is 40.3 Å². The summed E-state index contributed by atoms with van der Waals surface area (Å²) < 4.78 is 0. The Morgan fingerprint density at radius 1 is 1.26 bits per heavy atom. The molecule has 0 aromatic carbocycles. The van der Waals surface area contributed by atoms with Crippen molar-refractivity contribution < 1.29 is 0 Å². The standard InChI is InChI=1S/C17H17N5O/c1-10-19-15-5-6-22(9-13(15)17(23)20-10)16-12(8-18)7-11-3-2-4-14(11)21-16/h7H,2-6,9H2,1H3,(H,19,20,23). The van der Waals surface area contributed by atoms with Crippen LogP contribution in [0, 0.1) is 18.3 Å². The zero-order valence-electron chi connectivity index (χ0n) is 13.0. The molecule has 1 aliphatic carbocycles. The van der Waals surface area contributed by atoms with E-state index in [1.54, 1.807) is 6.92 Å². The van der Waals surface area contributed by atoms with Gasteiger partial charge in [0.25, 0.3) is 5.56 Å². The zero-order valence-corrected chi connectivity index (χ0v) is 13.0. The van der Waals surface area contributed by atoms with Gasteiger partial charge in [0.1, 0.15) is 17.7 Å². The topological polar surface area (TPSA) is 85.7 Å². The smallest absolute Gasteiger partial charge is 0.256 e. The van der Waals surface area contributed by atoms with Crippen molar-refractivity contribution in [1.82, 2.24) is 15.0 Å². The molecule has 116 valence electrons. The van der Waals surface area contributed by atoms with Crippen LogP contribution < -0.4 is 10.5 Å². The maximum Gasteiger partial charge on any atom is 0.256 e. The summed E-state index contributed by atoms with van der Waals surface area (Å²) in [7, 11) is 0. The molecule has 2 aromatic rings. The van der Waals surface area contributed by atoms with Crippen LogP contribution in [0.15, 0.2) is 10.9 Å². The summed E-state index contributed by atoms with van der Waals surface area (Å²) in [6, 6.07) is 4.23. The first-order valence-corrected chi connectivity index (χ1v) is 7.92. The molecule has 1 aliphatic heterocycles. The number of rotatable bonds is 1. The molecule has 23 heavy (non-hydrogen) atoms. The van der Waals surface area contributed by atoms with Crippen LogP contribution in [0.3, 0.4) is 0 Å². The van der Waals surface area contributed by atoms with Crippen LogP contribution in [0.25, 0.3) is 0 Å². The lowest BCUT2D eigenvalue weighted by atomic mass is 10.1. The van der Waals surface area contributed by atoms with Crippen molar-refractivity contribution >= 4 is 5.82 Å². The molecule has 0 unspecified atom stereocenters. The normalized spacial score (nSPS) is 15.9. The van der Waals surface area contributed by atoms with E-state index in [1.807, 2.05) is 11.0 Å². The third kappa shape index (κ3) is 2.29. The Bertz CT molecular complexity index is 893. The van der Waals surface area contributed by atoms with Gasteiger partial charge in [-0.05, 0) is 37.8 Å². The van der Waals surface area contributed by atoms with Gasteiger partial charge in [-0.15, -0.1) is 0 Å². The maximum atomic E-state index is 12.2. The number of aromatic amines is 1. The van der Waals surface area contributed by atoms with E-state index < -0.39 is 0 Å². The molecular formula is C17H17N5O. The zero-order chi connectivity index (χ0) is 16.0. The third-order valence-electron chi connectivity index (χ3n) is 4.64. The molecule has 2 aromatic heterocycles. The maximum absolute atomic E-state index is 12.2. The van der Waals surface area contributed by atoms with E-state index in [9.17, 15) is 10.1 Å². The Balaban J connectivity index is 1.76. The lowest BCUT2D eigenvalue weighted by Gasteiger charge is -2.29. The van der Waals surface area contributed by atoms with Crippen LogP contribution in [-0.4, -0.2) is 21.5 Å². The second-order valence-corrected chi connectivity index (χ2v) is 6.18. The predicted molar refractivity (Wildman–Crippen MR) is 85.3 cm³/mol. The summed E-state index contributed by atoms with van der Waals surface area (Å²) in [4.78, 5) is 26.2. The minimum atomic E-state index is -0.0862. The highest BCUT2D eigenvalue weighted by atomic mass is 16.1. The Morgan fingerprint density at radius 2 is 2.13 bits per heavy atom. The quantitative estimate of drug-likeness (QED) is 0.860. The highest BCUT2D eigenvalue weighted by Gasteiger charge is 2.25. The Hall–Kier alpha value is -2.68. The number of nitrogens with one attached hydrogen (secondary N) is 1. The number of pyridine rings is 1. The van der Waals surface area contributed by atoms with Gasteiger partial charge in [0, 0.05) is 18.7 Å². The second-order valence-electron chi connectivity index (χ2n) is 6.18. The van der Waals surface area contributed by atoms with Crippen molar-refractivity contribution in [3.8, 4) is 6.07 Å². The molecule has 0 radical (unpaired) electrons. The van der Waals surface area contributed by atoms with Gasteiger partial charge in [0.05, 0.1) is 23.4 Å². The summed E-state index contributed by atoms with van der Waals surface area (Å²) >= 11 is 0. The number of aromatic nitrogens is 3. The first-order chi connectivity index (χ1) is 11.2. The third-order valence-corrected chi connectivity index (χ3v) is 4.64. The number of nitrogens with zero attached hydrogens (tertiary/aromatic N) is 4. The molecule has 4 rings (SSSR count). The monoisotopic (exact) mass is 307 g/mol. The lowest BCUT2D eigenvalue weighted by Crippen LogP contribution is -2.37. The summed E-state index contributed by atoms with van der Waals surface area (Å²) in [5, 5.41) is 9.47. The molecule has 2 aliphatic rings. The highest BCUT2D eigenvalue weighted by molar-refractivity contribution is 5.57. The number of fused-ring (bicyclic) bond motifs is 2. The van der Waals surface area contributed by atoms with Crippen molar-refractivity contribution in [3.05, 3.63) is 50.3 Å². The van der Waals surface area contributed by atoms with E-state index in [2.05, 4.69) is 16.0 Å². The Morgan fingerprint density at radius 3 is 2.96 bits per heavy atom. The van der Waals surface area contributed by atoms with Crippen LogP contribution in [0.4, 0.5) is 5.82 Å². The van der Waals surface area contributed by atoms with Gasteiger partial charge >= 0.3 is 0 Å². The fourth-order valence-corrected chi connectivity index (χ4v) is 3.51. The molecule has 0 saturated carbocycles. The number of aryl methyl sites for hydroxylation is 3. The van der Waals surface area contributed by atoms with Gasteiger partial charge in [-0.3, -0.25) is 4.79 Å². The first-order valence-electron chi connectivity index (χ1n) is 7.92. The first kappa shape index (κ1) is 13.9. The Kier molecular flexibility index (Phi) is 3.15. The molecule has 0 amide bonds. The van der Waals surface area contributed by atoms with Crippen LogP contribution in [0.5, 0.6) is 0 Å². The van der Waals surface area contributed by atoms with E-state index in [4.69, 9.17) is 4.98 Å². The van der Waals surface area contributed by atoms with E-state index in [-0.39, 0.29) is 5.56 Å². The van der Waals surface area contributed by atoms with E-state index in [1.165, 1.54) is 5.56 Å². The van der Waals surface area contributed by atoms with E-state index in [0.717, 1.165) is 37.2 Å². The average molecular weight is 307 g/mol. The molecule has 0 spiro atoms. The van der Waals surface area contributed by atoms with Gasteiger partial charge in [0.2, 0.25) is 0 Å². The SMILES string of the molecule is Cc1nc2c(c(=O)[nH]1)CN(c1nc3c(cc1C#N)CCC3)CC2. The van der Waals surface area contributed by atoms with Crippen LogP contribution >= 0.6 is 0 Å². The van der Waals surface area contributed by atoms with Gasteiger partial charge in [-0.25, -0.2) is 9.97 Å². The number of anilines is 1. The molecule has 0 bridgehead atoms. The number of hydrogen-bond donors (Lipinski definition) is 1. The fourth-order valence-electron chi connectivity index (χ4n) is 3.51. The average Bonchev–Trinajstić information content (AvgIpc) is 3.00. The molecule has 0 saturated heterocycles. The van der Waals surface area contributed by atoms with Gasteiger partial charge in [-0.1, -0.05) is 0 Å². The fraction of sp³-hybridized carbons (Fsp3) is 0.412. The minimum Gasteiger partial charge on any atom is -0.351 e. The van der Waals surface area contributed by atoms with Crippen molar-refractivity contribution in [1.29, 1.82) is 5.26 Å². The summed E-state index contributed by atoms with van der Waals surface area (Å²) in [6.45, 7) is 2.98. The molecule has 1 N–H and O–H groups in total. The Labute approximate surface area is 133 Å². The predicted octanol–water partition coefficient (Wildman–Crippen LogP) is 1.40. The number of nitriles is 1. The molecule has 3 heterocycles. The minimum absolute atomic E-state index is 0.0862. The number of H-pyrrole nitrogens is 1. The summed E-state index contributed by atoms with van der Waals surface area (Å²) in [5.74, 6) is 1.36. The van der Waals surface area contributed by atoms with Gasteiger partial charge in [-0.2, -0.15) is 5.26 Å². The summed E-state index contributed by atoms with van der Waals surface area (Å²) in [5.41, 5.74) is 4.36. The van der Waals surface area contributed by atoms with Crippen molar-refractivity contribution in [2.24, 2.45) is 0 Å². The molecule has 0 fully saturated rings. The molecule has 0 atom stereocenters. The highest BCUT2D eigenvalue weighted by Crippen LogP contribution is 2.29. The van der Waals surface area contributed by atoms with Crippen molar-refractivity contribution in [2.75, 3.05) is 11.4 Å². The largest absolute Gasteiger partial charge is 0.351 e. The van der Waals surface area contributed by atoms with E-state index >= 15 is 0 Å². The van der Waals surface area contributed by atoms with Crippen LogP contribution in [0.2, 0.25) is 0 Å². The molecule has 6 nitrogen and oxygen atoms in total. The second kappa shape index (κ2) is 5.20. The van der Waals surface area contributed by atoms with Gasteiger partial charge in [0.15, 0.2) is 0 Å². The summed E-state index contributed by atoms with van der Waals surface area (Å²) in [6.07, 6.45) is 3.77.